The van der Waals surface area contributed by atoms with Gasteiger partial charge in [-0.2, -0.15) is 0 Å². The van der Waals surface area contributed by atoms with Gasteiger partial charge < -0.3 is 19.7 Å². The third-order valence-electron chi connectivity index (χ3n) is 2.00. The second-order valence-corrected chi connectivity index (χ2v) is 3.18. The lowest BCUT2D eigenvalue weighted by Gasteiger charge is -2.34. The number of carbonyl (C=O) groups excluding carboxylic acids is 1. The highest BCUT2D eigenvalue weighted by molar-refractivity contribution is 5.66. The molecule has 0 amide bonds. The van der Waals surface area contributed by atoms with Crippen molar-refractivity contribution in [3.8, 4) is 0 Å². The fraction of sp³-hybridized carbons (Fsp3) is 0.875. The highest BCUT2D eigenvalue weighted by Gasteiger charge is 2.35. The summed E-state index contributed by atoms with van der Waals surface area (Å²) < 4.78 is 9.83. The molecule has 0 spiro atoms. The van der Waals surface area contributed by atoms with Crippen LogP contribution < -0.4 is 0 Å². The van der Waals surface area contributed by atoms with E-state index in [1.807, 2.05) is 0 Å². The maximum Gasteiger partial charge on any atom is 0.302 e. The lowest BCUT2D eigenvalue weighted by atomic mass is 10.0. The molecule has 2 unspecified atom stereocenters. The second kappa shape index (κ2) is 4.04. The molecule has 2 N–H and O–H groups in total. The monoisotopic (exact) mass is 190 g/mol. The van der Waals surface area contributed by atoms with Crippen molar-refractivity contribution >= 4 is 5.97 Å². The molecule has 0 aromatic rings. The van der Waals surface area contributed by atoms with Gasteiger partial charge in [0.25, 0.3) is 0 Å². The summed E-state index contributed by atoms with van der Waals surface area (Å²) in [6.45, 7) is 2.98. The van der Waals surface area contributed by atoms with Crippen LogP contribution in [0, 0.1) is 0 Å². The average molecular weight is 190 g/mol. The van der Waals surface area contributed by atoms with Gasteiger partial charge in [0.15, 0.2) is 6.29 Å². The van der Waals surface area contributed by atoms with E-state index < -0.39 is 24.5 Å². The van der Waals surface area contributed by atoms with Crippen molar-refractivity contribution < 1.29 is 24.5 Å². The van der Waals surface area contributed by atoms with Crippen LogP contribution in [0.4, 0.5) is 0 Å². The first-order valence-corrected chi connectivity index (χ1v) is 4.19. The van der Waals surface area contributed by atoms with Gasteiger partial charge in [0.05, 0.1) is 6.10 Å². The van der Waals surface area contributed by atoms with Gasteiger partial charge in [-0.1, -0.05) is 0 Å². The van der Waals surface area contributed by atoms with Gasteiger partial charge in [0.2, 0.25) is 0 Å². The second-order valence-electron chi connectivity index (χ2n) is 3.18. The number of carbonyl (C=O) groups is 1. The Hall–Kier alpha value is -0.650. The number of hydrogen-bond acceptors (Lipinski definition) is 5. The summed E-state index contributed by atoms with van der Waals surface area (Å²) in [6.07, 6.45) is -2.82. The Kier molecular flexibility index (Phi) is 3.24. The van der Waals surface area contributed by atoms with Crippen LogP contribution in [0.1, 0.15) is 20.3 Å². The predicted octanol–water partition coefficient (Wildman–Crippen LogP) is -0.594. The Bertz CT molecular complexity index is 193. The molecule has 5 heteroatoms. The molecule has 13 heavy (non-hydrogen) atoms. The third kappa shape index (κ3) is 2.65. The van der Waals surface area contributed by atoms with Gasteiger partial charge in [-0.15, -0.1) is 0 Å². The molecule has 1 rings (SSSR count). The van der Waals surface area contributed by atoms with Gasteiger partial charge >= 0.3 is 5.97 Å². The lowest BCUT2D eigenvalue weighted by Crippen LogP contribution is -2.47. The maximum absolute atomic E-state index is 10.6. The average Bonchev–Trinajstić information content (AvgIpc) is 1.99. The molecule has 1 heterocycles. The summed E-state index contributed by atoms with van der Waals surface area (Å²) in [7, 11) is 0. The number of aliphatic hydroxyl groups excluding tert-OH is 2. The third-order valence-corrected chi connectivity index (χ3v) is 2.00. The predicted molar refractivity (Wildman–Crippen MR) is 42.7 cm³/mol. The van der Waals surface area contributed by atoms with Crippen molar-refractivity contribution in [3.05, 3.63) is 0 Å². The molecule has 76 valence electrons. The fourth-order valence-corrected chi connectivity index (χ4v) is 1.30. The molecule has 0 aromatic heterocycles. The lowest BCUT2D eigenvalue weighted by molar-refractivity contribution is -0.245. The molecule has 1 aliphatic rings. The first-order valence-electron chi connectivity index (χ1n) is 4.19. The van der Waals surface area contributed by atoms with Gasteiger partial charge in [-0.05, 0) is 6.92 Å². The molecule has 0 saturated carbocycles. The van der Waals surface area contributed by atoms with E-state index in [-0.39, 0.29) is 12.5 Å². The Morgan fingerprint density at radius 3 is 2.69 bits per heavy atom. The van der Waals surface area contributed by atoms with Crippen molar-refractivity contribution in [2.24, 2.45) is 0 Å². The number of aliphatic hydroxyl groups is 2. The molecule has 1 saturated heterocycles. The van der Waals surface area contributed by atoms with Crippen LogP contribution in [0.2, 0.25) is 0 Å². The van der Waals surface area contributed by atoms with Crippen LogP contribution in [-0.2, 0) is 14.3 Å². The minimum atomic E-state index is -1.18. The van der Waals surface area contributed by atoms with Crippen molar-refractivity contribution in [1.82, 2.24) is 0 Å². The topological polar surface area (TPSA) is 76.0 Å². The molecular formula is C8H14O5. The van der Waals surface area contributed by atoms with E-state index in [0.29, 0.717) is 0 Å². The van der Waals surface area contributed by atoms with Gasteiger partial charge in [0.1, 0.15) is 12.2 Å². The van der Waals surface area contributed by atoms with Crippen LogP contribution in [0.3, 0.4) is 0 Å². The molecule has 0 radical (unpaired) electrons. The van der Waals surface area contributed by atoms with Crippen molar-refractivity contribution in [2.75, 3.05) is 0 Å². The molecule has 0 aromatic carbocycles. The van der Waals surface area contributed by atoms with E-state index >= 15 is 0 Å². The van der Waals surface area contributed by atoms with E-state index in [4.69, 9.17) is 14.6 Å². The first kappa shape index (κ1) is 10.4. The summed E-state index contributed by atoms with van der Waals surface area (Å²) in [6, 6.07) is 0. The van der Waals surface area contributed by atoms with E-state index in [1.54, 1.807) is 6.92 Å². The summed E-state index contributed by atoms with van der Waals surface area (Å²) in [5.41, 5.74) is 0. The number of esters is 1. The number of ether oxygens (including phenoxy) is 2. The van der Waals surface area contributed by atoms with Crippen LogP contribution in [0.15, 0.2) is 0 Å². The quantitative estimate of drug-likeness (QED) is 0.540. The largest absolute Gasteiger partial charge is 0.460 e. The van der Waals surface area contributed by atoms with E-state index in [2.05, 4.69) is 0 Å². The summed E-state index contributed by atoms with van der Waals surface area (Å²) >= 11 is 0. The van der Waals surface area contributed by atoms with E-state index in [1.165, 1.54) is 6.92 Å². The summed E-state index contributed by atoms with van der Waals surface area (Å²) in [4.78, 5) is 10.6. The number of hydrogen-bond donors (Lipinski definition) is 2. The fourth-order valence-electron chi connectivity index (χ4n) is 1.30. The highest BCUT2D eigenvalue weighted by Crippen LogP contribution is 2.21. The van der Waals surface area contributed by atoms with E-state index in [9.17, 15) is 9.90 Å². The zero-order valence-electron chi connectivity index (χ0n) is 7.64. The summed E-state index contributed by atoms with van der Waals surface area (Å²) in [5.74, 6) is -0.413. The van der Waals surface area contributed by atoms with Crippen molar-refractivity contribution in [2.45, 2.75) is 44.9 Å². The molecule has 0 bridgehead atoms. The molecule has 5 nitrogen and oxygen atoms in total. The molecule has 4 atom stereocenters. The Morgan fingerprint density at radius 1 is 1.54 bits per heavy atom. The van der Waals surface area contributed by atoms with Crippen LogP contribution >= 0.6 is 0 Å². The van der Waals surface area contributed by atoms with Gasteiger partial charge in [-0.3, -0.25) is 4.79 Å². The Balaban J connectivity index is 2.51. The zero-order chi connectivity index (χ0) is 10.0. The van der Waals surface area contributed by atoms with Crippen molar-refractivity contribution in [3.63, 3.8) is 0 Å². The molecule has 1 fully saturated rings. The highest BCUT2D eigenvalue weighted by atomic mass is 16.6. The normalized spacial score (nSPS) is 40.0. The Labute approximate surface area is 76.3 Å². The summed E-state index contributed by atoms with van der Waals surface area (Å²) in [5, 5.41) is 18.3. The minimum Gasteiger partial charge on any atom is -0.460 e. The van der Waals surface area contributed by atoms with Crippen LogP contribution in [0.5, 0.6) is 0 Å². The smallest absolute Gasteiger partial charge is 0.302 e. The van der Waals surface area contributed by atoms with Gasteiger partial charge in [0, 0.05) is 13.3 Å². The van der Waals surface area contributed by atoms with Gasteiger partial charge in [-0.25, -0.2) is 0 Å². The Morgan fingerprint density at radius 2 is 2.15 bits per heavy atom. The standard InChI is InChI=1S/C8H14O5/c1-4-7(13-5(2)9)3-6(10)8(11)12-4/h4,6-8,10-11H,3H2,1-2H3/t4-,6?,7+,8?/m0/s1. The van der Waals surface area contributed by atoms with Crippen LogP contribution in [0.25, 0.3) is 0 Å². The maximum atomic E-state index is 10.6. The SMILES string of the molecule is CC(=O)O[C@@H]1CC(O)C(O)O[C@H]1C. The van der Waals surface area contributed by atoms with Crippen LogP contribution in [-0.4, -0.2) is 40.8 Å². The molecule has 1 aliphatic heterocycles. The zero-order valence-corrected chi connectivity index (χ0v) is 7.64. The minimum absolute atomic E-state index is 0.210. The molecule has 0 aliphatic carbocycles. The van der Waals surface area contributed by atoms with Crippen molar-refractivity contribution in [1.29, 1.82) is 0 Å². The van der Waals surface area contributed by atoms with E-state index in [0.717, 1.165) is 0 Å². The number of rotatable bonds is 1. The molecular weight excluding hydrogens is 176 g/mol. The first-order chi connectivity index (χ1) is 6.00.